The molecule has 2 N–H and O–H groups in total. The second-order valence-corrected chi connectivity index (χ2v) is 7.52. The largest absolute Gasteiger partial charge is 0.369 e. The zero-order valence-corrected chi connectivity index (χ0v) is 12.7. The molecule has 1 aliphatic heterocycles. The summed E-state index contributed by atoms with van der Waals surface area (Å²) in [6.07, 6.45) is 0.846. The summed E-state index contributed by atoms with van der Waals surface area (Å²) in [5.74, 6) is 1.17. The van der Waals surface area contributed by atoms with Gasteiger partial charge in [0.15, 0.2) is 0 Å². The van der Waals surface area contributed by atoms with E-state index < -0.39 is 0 Å². The molecule has 1 aliphatic rings. The van der Waals surface area contributed by atoms with Gasteiger partial charge in [0.1, 0.15) is 0 Å². The Morgan fingerprint density at radius 3 is 2.89 bits per heavy atom. The second kappa shape index (κ2) is 5.72. The molecule has 18 heavy (non-hydrogen) atoms. The van der Waals surface area contributed by atoms with Crippen molar-refractivity contribution >= 4 is 29.1 Å². The van der Waals surface area contributed by atoms with Gasteiger partial charge in [-0.05, 0) is 44.5 Å². The average Bonchev–Trinajstić information content (AvgIpc) is 2.30. The van der Waals surface area contributed by atoms with Gasteiger partial charge in [-0.1, -0.05) is 17.7 Å². The van der Waals surface area contributed by atoms with Gasteiger partial charge in [-0.25, -0.2) is 0 Å². The van der Waals surface area contributed by atoms with E-state index in [0.29, 0.717) is 11.3 Å². The number of rotatable bonds is 3. The Balaban J connectivity index is 2.29. The normalized spacial score (nSPS) is 19.0. The minimum atomic E-state index is 0.306. The molecule has 1 aromatic rings. The summed E-state index contributed by atoms with van der Waals surface area (Å²) < 4.78 is 0.306. The van der Waals surface area contributed by atoms with E-state index in [4.69, 9.17) is 17.3 Å². The molecule has 0 unspecified atom stereocenters. The highest BCUT2D eigenvalue weighted by molar-refractivity contribution is 8.00. The van der Waals surface area contributed by atoms with Crippen molar-refractivity contribution in [2.45, 2.75) is 25.0 Å². The van der Waals surface area contributed by atoms with E-state index in [1.807, 2.05) is 23.9 Å². The van der Waals surface area contributed by atoms with E-state index in [2.05, 4.69) is 24.8 Å². The number of thioether (sulfide) groups is 1. The van der Waals surface area contributed by atoms with Crippen molar-refractivity contribution in [1.82, 2.24) is 0 Å². The SMILES string of the molecule is CC1(C)CN(c2cccc(Cl)c2CCN)CCS1. The van der Waals surface area contributed by atoms with Crippen LogP contribution in [0, 0.1) is 0 Å². The number of hydrogen-bond acceptors (Lipinski definition) is 3. The summed E-state index contributed by atoms with van der Waals surface area (Å²) in [6, 6.07) is 6.16. The highest BCUT2D eigenvalue weighted by Crippen LogP contribution is 2.35. The van der Waals surface area contributed by atoms with Crippen LogP contribution in [0.15, 0.2) is 18.2 Å². The Kier molecular flexibility index (Phi) is 4.46. The lowest BCUT2D eigenvalue weighted by molar-refractivity contribution is 0.645. The molecular weight excluding hydrogens is 264 g/mol. The predicted octanol–water partition coefficient (Wildman–Crippen LogP) is 3.17. The van der Waals surface area contributed by atoms with Gasteiger partial charge in [0.05, 0.1) is 0 Å². The van der Waals surface area contributed by atoms with Crippen molar-refractivity contribution in [3.05, 3.63) is 28.8 Å². The van der Waals surface area contributed by atoms with Crippen LogP contribution in [-0.4, -0.2) is 30.1 Å². The molecule has 2 rings (SSSR count). The Hall–Kier alpha value is -0.380. The monoisotopic (exact) mass is 284 g/mol. The average molecular weight is 285 g/mol. The van der Waals surface area contributed by atoms with Gasteiger partial charge in [-0.2, -0.15) is 11.8 Å². The topological polar surface area (TPSA) is 29.3 Å². The summed E-state index contributed by atoms with van der Waals surface area (Å²) in [7, 11) is 0. The van der Waals surface area contributed by atoms with Crippen LogP contribution in [0.4, 0.5) is 5.69 Å². The summed E-state index contributed by atoms with van der Waals surface area (Å²) in [6.45, 7) is 7.40. The van der Waals surface area contributed by atoms with E-state index in [0.717, 1.165) is 24.5 Å². The van der Waals surface area contributed by atoms with Crippen LogP contribution in [0.2, 0.25) is 5.02 Å². The van der Waals surface area contributed by atoms with Crippen LogP contribution < -0.4 is 10.6 Å². The first kappa shape index (κ1) is 14.0. The minimum Gasteiger partial charge on any atom is -0.369 e. The van der Waals surface area contributed by atoms with Crippen LogP contribution in [0.5, 0.6) is 0 Å². The standard InChI is InChI=1S/C14H21ClN2S/c1-14(2)10-17(8-9-18-14)13-5-3-4-12(15)11(13)6-7-16/h3-5H,6-10,16H2,1-2H3. The van der Waals surface area contributed by atoms with Gasteiger partial charge >= 0.3 is 0 Å². The molecular formula is C14H21ClN2S. The number of hydrogen-bond donors (Lipinski definition) is 1. The third-order valence-corrected chi connectivity index (χ3v) is 4.91. The van der Waals surface area contributed by atoms with Gasteiger partial charge in [0, 0.05) is 34.3 Å². The van der Waals surface area contributed by atoms with Gasteiger partial charge in [-0.3, -0.25) is 0 Å². The van der Waals surface area contributed by atoms with Crippen LogP contribution in [0.25, 0.3) is 0 Å². The summed E-state index contributed by atoms with van der Waals surface area (Å²) in [5, 5.41) is 0.842. The van der Waals surface area contributed by atoms with Gasteiger partial charge in [-0.15, -0.1) is 0 Å². The molecule has 0 aliphatic carbocycles. The Morgan fingerprint density at radius 2 is 2.22 bits per heavy atom. The van der Waals surface area contributed by atoms with Crippen molar-refractivity contribution in [2.24, 2.45) is 5.73 Å². The Labute approximate surface area is 119 Å². The fourth-order valence-electron chi connectivity index (χ4n) is 2.46. The molecule has 1 saturated heterocycles. The number of halogens is 1. The van der Waals surface area contributed by atoms with E-state index in [-0.39, 0.29) is 0 Å². The molecule has 0 spiro atoms. The van der Waals surface area contributed by atoms with Crippen LogP contribution in [0.1, 0.15) is 19.4 Å². The highest BCUT2D eigenvalue weighted by atomic mass is 35.5. The number of benzene rings is 1. The molecule has 0 atom stereocenters. The molecule has 2 nitrogen and oxygen atoms in total. The van der Waals surface area contributed by atoms with Crippen LogP contribution in [-0.2, 0) is 6.42 Å². The maximum atomic E-state index is 6.31. The van der Waals surface area contributed by atoms with Gasteiger partial charge in [0.2, 0.25) is 0 Å². The lowest BCUT2D eigenvalue weighted by atomic mass is 10.1. The first-order valence-corrected chi connectivity index (χ1v) is 7.76. The fourth-order valence-corrected chi connectivity index (χ4v) is 3.83. The van der Waals surface area contributed by atoms with E-state index in [1.165, 1.54) is 17.0 Å². The maximum absolute atomic E-state index is 6.31. The minimum absolute atomic E-state index is 0.306. The molecule has 0 saturated carbocycles. The summed E-state index contributed by atoms with van der Waals surface area (Å²) in [4.78, 5) is 2.45. The summed E-state index contributed by atoms with van der Waals surface area (Å²) >= 11 is 8.35. The first-order valence-electron chi connectivity index (χ1n) is 6.40. The Morgan fingerprint density at radius 1 is 1.44 bits per heavy atom. The number of anilines is 1. The van der Waals surface area contributed by atoms with Crippen molar-refractivity contribution < 1.29 is 0 Å². The molecule has 1 fully saturated rings. The Bertz CT molecular complexity index is 420. The van der Waals surface area contributed by atoms with Crippen LogP contribution >= 0.6 is 23.4 Å². The van der Waals surface area contributed by atoms with Gasteiger partial charge < -0.3 is 10.6 Å². The van der Waals surface area contributed by atoms with E-state index in [9.17, 15) is 0 Å². The number of nitrogens with zero attached hydrogens (tertiary/aromatic N) is 1. The van der Waals surface area contributed by atoms with Crippen molar-refractivity contribution in [1.29, 1.82) is 0 Å². The lowest BCUT2D eigenvalue weighted by Crippen LogP contribution is -2.43. The quantitative estimate of drug-likeness (QED) is 0.924. The highest BCUT2D eigenvalue weighted by Gasteiger charge is 2.28. The second-order valence-electron chi connectivity index (χ2n) is 5.31. The zero-order valence-electron chi connectivity index (χ0n) is 11.1. The molecule has 0 amide bonds. The number of nitrogens with two attached hydrogens (primary N) is 1. The molecule has 4 heteroatoms. The van der Waals surface area contributed by atoms with Crippen molar-refractivity contribution in [2.75, 3.05) is 30.3 Å². The lowest BCUT2D eigenvalue weighted by Gasteiger charge is -2.40. The molecule has 0 radical (unpaired) electrons. The molecule has 0 aromatic heterocycles. The third kappa shape index (κ3) is 3.14. The molecule has 0 bridgehead atoms. The van der Waals surface area contributed by atoms with E-state index >= 15 is 0 Å². The van der Waals surface area contributed by atoms with Crippen molar-refractivity contribution in [3.63, 3.8) is 0 Å². The van der Waals surface area contributed by atoms with E-state index in [1.54, 1.807) is 0 Å². The van der Waals surface area contributed by atoms with Gasteiger partial charge in [0.25, 0.3) is 0 Å². The molecule has 1 aromatic carbocycles. The maximum Gasteiger partial charge on any atom is 0.0459 e. The smallest absolute Gasteiger partial charge is 0.0459 e. The summed E-state index contributed by atoms with van der Waals surface area (Å²) in [5.41, 5.74) is 8.16. The third-order valence-electron chi connectivity index (χ3n) is 3.25. The first-order chi connectivity index (χ1) is 8.53. The molecule has 100 valence electrons. The van der Waals surface area contributed by atoms with Crippen LogP contribution in [0.3, 0.4) is 0 Å². The van der Waals surface area contributed by atoms with Crippen molar-refractivity contribution in [3.8, 4) is 0 Å². The molecule has 1 heterocycles. The fraction of sp³-hybridized carbons (Fsp3) is 0.571. The zero-order chi connectivity index (χ0) is 13.2. The predicted molar refractivity (Wildman–Crippen MR) is 83.0 cm³/mol.